The van der Waals surface area contributed by atoms with Gasteiger partial charge in [-0.3, -0.25) is 9.59 Å². The maximum Gasteiger partial charge on any atom is 0.237 e. The highest BCUT2D eigenvalue weighted by atomic mass is 32.2. The van der Waals surface area contributed by atoms with Gasteiger partial charge >= 0.3 is 0 Å². The number of thioether (sulfide) groups is 1. The molecule has 0 aliphatic carbocycles. The molecule has 6 heteroatoms. The highest BCUT2D eigenvalue weighted by Gasteiger charge is 2.15. The third-order valence-electron chi connectivity index (χ3n) is 3.91. The molecule has 0 heterocycles. The first-order valence-corrected chi connectivity index (χ1v) is 10.1. The van der Waals surface area contributed by atoms with Crippen molar-refractivity contribution in [2.45, 2.75) is 32.4 Å². The number of amides is 2. The van der Waals surface area contributed by atoms with E-state index in [-0.39, 0.29) is 22.8 Å². The summed E-state index contributed by atoms with van der Waals surface area (Å²) in [5.41, 5.74) is 2.70. The fraction of sp³-hybridized carbons (Fsp3) is 0.333. The van der Waals surface area contributed by atoms with E-state index in [2.05, 4.69) is 17.6 Å². The van der Waals surface area contributed by atoms with Crippen molar-refractivity contribution in [2.24, 2.45) is 0 Å². The van der Waals surface area contributed by atoms with Crippen LogP contribution >= 0.6 is 11.8 Å². The van der Waals surface area contributed by atoms with Crippen molar-refractivity contribution in [1.82, 2.24) is 0 Å². The molecule has 0 bridgehead atoms. The lowest BCUT2D eigenvalue weighted by Crippen LogP contribution is -2.25. The van der Waals surface area contributed by atoms with Crippen LogP contribution in [0.25, 0.3) is 0 Å². The first-order chi connectivity index (χ1) is 13.0. The zero-order valence-electron chi connectivity index (χ0n) is 16.0. The van der Waals surface area contributed by atoms with Gasteiger partial charge in [-0.05, 0) is 62.2 Å². The van der Waals surface area contributed by atoms with E-state index >= 15 is 0 Å². The molecule has 0 saturated carbocycles. The van der Waals surface area contributed by atoms with Gasteiger partial charge in [0.15, 0.2) is 0 Å². The minimum atomic E-state index is -0.343. The van der Waals surface area contributed by atoms with Gasteiger partial charge in [0, 0.05) is 11.4 Å². The third-order valence-corrected chi connectivity index (χ3v) is 5.06. The van der Waals surface area contributed by atoms with E-state index in [1.165, 1.54) is 17.3 Å². The molecule has 144 valence electrons. The normalized spacial score (nSPS) is 11.5. The van der Waals surface area contributed by atoms with Crippen LogP contribution in [-0.4, -0.2) is 29.4 Å². The molecule has 27 heavy (non-hydrogen) atoms. The fourth-order valence-electron chi connectivity index (χ4n) is 2.34. The molecule has 0 aliphatic heterocycles. The lowest BCUT2D eigenvalue weighted by atomic mass is 10.1. The van der Waals surface area contributed by atoms with E-state index in [0.717, 1.165) is 17.9 Å². The Balaban J connectivity index is 1.76. The molecule has 2 aromatic rings. The Labute approximate surface area is 164 Å². The van der Waals surface area contributed by atoms with Crippen LogP contribution in [-0.2, 0) is 16.0 Å². The molecule has 0 fully saturated rings. The maximum atomic E-state index is 12.3. The summed E-state index contributed by atoms with van der Waals surface area (Å²) < 4.78 is 5.38. The zero-order chi connectivity index (χ0) is 19.6. The van der Waals surface area contributed by atoms with E-state index in [1.807, 2.05) is 43.3 Å². The first kappa shape index (κ1) is 20.8. The second kappa shape index (κ2) is 10.6. The molecule has 0 aromatic heterocycles. The Morgan fingerprint density at radius 1 is 0.963 bits per heavy atom. The van der Waals surface area contributed by atoms with Crippen molar-refractivity contribution in [2.75, 3.05) is 23.0 Å². The topological polar surface area (TPSA) is 67.4 Å². The zero-order valence-corrected chi connectivity index (χ0v) is 16.8. The molecule has 0 aliphatic rings. The third kappa shape index (κ3) is 6.98. The predicted octanol–water partition coefficient (Wildman–Crippen LogP) is 4.35. The molecule has 2 amide bonds. The van der Waals surface area contributed by atoms with Crippen molar-refractivity contribution < 1.29 is 14.3 Å². The van der Waals surface area contributed by atoms with Crippen molar-refractivity contribution in [3.8, 4) is 5.75 Å². The number of carbonyl (C=O) groups excluding carboxylic acids is 2. The van der Waals surface area contributed by atoms with Crippen molar-refractivity contribution >= 4 is 35.0 Å². The molecule has 5 nitrogen and oxygen atoms in total. The molecule has 0 saturated heterocycles. The van der Waals surface area contributed by atoms with E-state index < -0.39 is 0 Å². The smallest absolute Gasteiger partial charge is 0.237 e. The summed E-state index contributed by atoms with van der Waals surface area (Å²) in [4.78, 5) is 24.3. The highest BCUT2D eigenvalue weighted by Crippen LogP contribution is 2.18. The summed E-state index contributed by atoms with van der Waals surface area (Å²) in [6.45, 7) is 6.40. The number of hydrogen-bond acceptors (Lipinski definition) is 4. The Morgan fingerprint density at radius 2 is 1.56 bits per heavy atom. The largest absolute Gasteiger partial charge is 0.494 e. The second-order valence-electron chi connectivity index (χ2n) is 6.00. The lowest BCUT2D eigenvalue weighted by Gasteiger charge is -2.13. The van der Waals surface area contributed by atoms with E-state index in [0.29, 0.717) is 12.3 Å². The quantitative estimate of drug-likeness (QED) is 0.672. The van der Waals surface area contributed by atoms with Crippen LogP contribution in [0.3, 0.4) is 0 Å². The molecular formula is C21H26N2O3S. The number of ether oxygens (including phenoxy) is 1. The molecular weight excluding hydrogens is 360 g/mol. The standard InChI is InChI=1S/C21H26N2O3S/c1-4-16-6-8-17(9-7-16)22-20(24)14-27-15(3)21(25)23-18-10-12-19(13-11-18)26-5-2/h6-13,15H,4-5,14H2,1-3H3,(H,22,24)(H,23,25)/t15-/m0/s1. The van der Waals surface area contributed by atoms with Crippen LogP contribution in [0.4, 0.5) is 11.4 Å². The van der Waals surface area contributed by atoms with Gasteiger partial charge in [-0.2, -0.15) is 0 Å². The van der Waals surface area contributed by atoms with Gasteiger partial charge in [-0.15, -0.1) is 11.8 Å². The predicted molar refractivity (Wildman–Crippen MR) is 113 cm³/mol. The Morgan fingerprint density at radius 3 is 2.15 bits per heavy atom. The Bertz CT molecular complexity index is 745. The number of anilines is 2. The summed E-state index contributed by atoms with van der Waals surface area (Å²) in [7, 11) is 0. The van der Waals surface area contributed by atoms with Gasteiger partial charge in [0.05, 0.1) is 17.6 Å². The van der Waals surface area contributed by atoms with Crippen molar-refractivity contribution in [1.29, 1.82) is 0 Å². The van der Waals surface area contributed by atoms with Crippen LogP contribution in [0.5, 0.6) is 5.75 Å². The van der Waals surface area contributed by atoms with Crippen LogP contribution in [0.1, 0.15) is 26.3 Å². The molecule has 2 rings (SSSR count). The van der Waals surface area contributed by atoms with Gasteiger partial charge in [0.1, 0.15) is 5.75 Å². The van der Waals surface area contributed by atoms with Gasteiger partial charge in [-0.25, -0.2) is 0 Å². The number of aryl methyl sites for hydroxylation is 1. The Kier molecular flexibility index (Phi) is 8.20. The first-order valence-electron chi connectivity index (χ1n) is 9.06. The molecule has 1 atom stereocenters. The summed E-state index contributed by atoms with van der Waals surface area (Å²) in [6.07, 6.45) is 0.963. The molecule has 2 aromatic carbocycles. The molecule has 0 spiro atoms. The van der Waals surface area contributed by atoms with Crippen LogP contribution in [0, 0.1) is 0 Å². The minimum Gasteiger partial charge on any atom is -0.494 e. The van der Waals surface area contributed by atoms with Crippen molar-refractivity contribution in [3.63, 3.8) is 0 Å². The van der Waals surface area contributed by atoms with E-state index in [4.69, 9.17) is 4.74 Å². The number of carbonyl (C=O) groups is 2. The SMILES string of the molecule is CCOc1ccc(NC(=O)[C@H](C)SCC(=O)Nc2ccc(CC)cc2)cc1. The average Bonchev–Trinajstić information content (AvgIpc) is 2.68. The summed E-state index contributed by atoms with van der Waals surface area (Å²) >= 11 is 1.30. The van der Waals surface area contributed by atoms with Crippen LogP contribution in [0.2, 0.25) is 0 Å². The Hall–Kier alpha value is -2.47. The number of benzene rings is 2. The number of hydrogen-bond donors (Lipinski definition) is 2. The van der Waals surface area contributed by atoms with Gasteiger partial charge in [0.2, 0.25) is 11.8 Å². The van der Waals surface area contributed by atoms with Crippen LogP contribution < -0.4 is 15.4 Å². The summed E-state index contributed by atoms with van der Waals surface area (Å²) in [5.74, 6) is 0.726. The van der Waals surface area contributed by atoms with E-state index in [1.54, 1.807) is 19.1 Å². The van der Waals surface area contributed by atoms with Crippen LogP contribution in [0.15, 0.2) is 48.5 Å². The van der Waals surface area contributed by atoms with Gasteiger partial charge in [-0.1, -0.05) is 19.1 Å². The molecule has 2 N–H and O–H groups in total. The fourth-order valence-corrected chi connectivity index (χ4v) is 3.03. The second-order valence-corrected chi connectivity index (χ2v) is 7.33. The van der Waals surface area contributed by atoms with Crippen molar-refractivity contribution in [3.05, 3.63) is 54.1 Å². The molecule has 0 radical (unpaired) electrons. The minimum absolute atomic E-state index is 0.120. The number of nitrogens with one attached hydrogen (secondary N) is 2. The van der Waals surface area contributed by atoms with E-state index in [9.17, 15) is 9.59 Å². The monoisotopic (exact) mass is 386 g/mol. The van der Waals surface area contributed by atoms with Gasteiger partial charge in [0.25, 0.3) is 0 Å². The maximum absolute atomic E-state index is 12.3. The summed E-state index contributed by atoms with van der Waals surface area (Å²) in [6, 6.07) is 15.0. The van der Waals surface area contributed by atoms with Gasteiger partial charge < -0.3 is 15.4 Å². The average molecular weight is 387 g/mol. The highest BCUT2D eigenvalue weighted by molar-refractivity contribution is 8.01. The molecule has 0 unspecified atom stereocenters. The lowest BCUT2D eigenvalue weighted by molar-refractivity contribution is -0.115. The summed E-state index contributed by atoms with van der Waals surface area (Å²) in [5, 5.41) is 5.36. The number of rotatable bonds is 9.